The Balaban J connectivity index is 0.00000300. The number of fused-ring (bicyclic) bond motifs is 1. The molecule has 9 heteroatoms. The van der Waals surface area contributed by atoms with Gasteiger partial charge in [-0.3, -0.25) is 9.59 Å². The van der Waals surface area contributed by atoms with Crippen LogP contribution >= 0.6 is 12.4 Å². The second-order valence-electron chi connectivity index (χ2n) is 8.45. The Bertz CT molecular complexity index is 870. The highest BCUT2D eigenvalue weighted by molar-refractivity contribution is 7.88. The highest BCUT2D eigenvalue weighted by Crippen LogP contribution is 2.41. The number of amides is 2. The summed E-state index contributed by atoms with van der Waals surface area (Å²) in [5.74, 6) is -1.08. The van der Waals surface area contributed by atoms with Crippen molar-refractivity contribution in [1.29, 1.82) is 0 Å². The van der Waals surface area contributed by atoms with Gasteiger partial charge < -0.3 is 9.80 Å². The monoisotopic (exact) mass is 443 g/mol. The van der Waals surface area contributed by atoms with Crippen LogP contribution in [0.5, 0.6) is 0 Å². The zero-order valence-electron chi connectivity index (χ0n) is 17.5. The predicted octanol–water partition coefficient (Wildman–Crippen LogP) is 1.83. The number of benzene rings is 1. The van der Waals surface area contributed by atoms with E-state index in [0.29, 0.717) is 18.5 Å². The van der Waals surface area contributed by atoms with E-state index >= 15 is 0 Å². The maximum absolute atomic E-state index is 13.2. The number of nitrogens with zero attached hydrogens (tertiary/aromatic N) is 3. The lowest BCUT2D eigenvalue weighted by Gasteiger charge is -2.29. The number of carbonyl (C=O) groups is 2. The summed E-state index contributed by atoms with van der Waals surface area (Å²) in [5, 5.41) is 0. The SMILES string of the molecule is CC(C)[C@H]1C(=O)N(S(C)(=O)=O)[C@H]2CCN(C(=O)c3ccc(CN(C)C)cc3)[C@H]12.Cl. The van der Waals surface area contributed by atoms with E-state index in [0.717, 1.165) is 22.7 Å². The highest BCUT2D eigenvalue weighted by Gasteiger charge is 2.58. The standard InChI is InChI=1S/C20H29N3O4S.ClH/c1-13(2)17-18-16(23(20(17)25)28(5,26)27)10-11-22(18)19(24)15-8-6-14(7-9-15)12-21(3)4;/h6-9,13,16-18H,10-12H2,1-5H3;1H/t16-,17+,18-;/m0./s1. The first-order valence-electron chi connectivity index (χ1n) is 9.60. The van der Waals surface area contributed by atoms with E-state index in [1.807, 2.05) is 52.2 Å². The van der Waals surface area contributed by atoms with E-state index in [4.69, 9.17) is 0 Å². The van der Waals surface area contributed by atoms with Crippen molar-refractivity contribution in [1.82, 2.24) is 14.1 Å². The van der Waals surface area contributed by atoms with Gasteiger partial charge in [0.05, 0.1) is 24.3 Å². The Morgan fingerprint density at radius 2 is 1.79 bits per heavy atom. The Morgan fingerprint density at radius 3 is 2.28 bits per heavy atom. The molecule has 162 valence electrons. The quantitative estimate of drug-likeness (QED) is 0.693. The summed E-state index contributed by atoms with van der Waals surface area (Å²) in [4.78, 5) is 29.8. The molecule has 0 radical (unpaired) electrons. The molecule has 3 rings (SSSR count). The average Bonchev–Trinajstić information content (AvgIpc) is 3.09. The number of halogens is 1. The van der Waals surface area contributed by atoms with E-state index in [1.54, 1.807) is 4.90 Å². The number of sulfonamides is 1. The van der Waals surface area contributed by atoms with Crippen molar-refractivity contribution in [3.05, 3.63) is 35.4 Å². The lowest BCUT2D eigenvalue weighted by molar-refractivity contribution is -0.129. The zero-order valence-corrected chi connectivity index (χ0v) is 19.2. The van der Waals surface area contributed by atoms with Crippen LogP contribution in [0.2, 0.25) is 0 Å². The fraction of sp³-hybridized carbons (Fsp3) is 0.600. The minimum atomic E-state index is -3.66. The molecule has 2 heterocycles. The Kier molecular flexibility index (Phi) is 7.02. The maximum atomic E-state index is 13.2. The van der Waals surface area contributed by atoms with Gasteiger partial charge in [-0.1, -0.05) is 26.0 Å². The minimum absolute atomic E-state index is 0. The third-order valence-corrected chi connectivity index (χ3v) is 6.79. The van der Waals surface area contributed by atoms with E-state index in [9.17, 15) is 18.0 Å². The first kappa shape index (κ1) is 23.6. The molecular weight excluding hydrogens is 414 g/mol. The molecule has 29 heavy (non-hydrogen) atoms. The lowest BCUT2D eigenvalue weighted by Crippen LogP contribution is -2.44. The van der Waals surface area contributed by atoms with Crippen LogP contribution in [-0.2, 0) is 21.4 Å². The average molecular weight is 444 g/mol. The first-order valence-corrected chi connectivity index (χ1v) is 11.4. The summed E-state index contributed by atoms with van der Waals surface area (Å²) >= 11 is 0. The molecule has 0 unspecified atom stereocenters. The number of carbonyl (C=O) groups excluding carboxylic acids is 2. The molecule has 1 aromatic rings. The summed E-state index contributed by atoms with van der Waals surface area (Å²) in [6.07, 6.45) is 1.55. The smallest absolute Gasteiger partial charge is 0.254 e. The van der Waals surface area contributed by atoms with E-state index in [2.05, 4.69) is 4.90 Å². The summed E-state index contributed by atoms with van der Waals surface area (Å²) in [5.41, 5.74) is 1.68. The van der Waals surface area contributed by atoms with Gasteiger partial charge in [0.1, 0.15) is 0 Å². The van der Waals surface area contributed by atoms with Gasteiger partial charge in [-0.25, -0.2) is 12.7 Å². The van der Waals surface area contributed by atoms with Crippen molar-refractivity contribution >= 4 is 34.2 Å². The second-order valence-corrected chi connectivity index (χ2v) is 10.3. The molecule has 0 aliphatic carbocycles. The molecule has 0 spiro atoms. The van der Waals surface area contributed by atoms with Gasteiger partial charge in [0.2, 0.25) is 15.9 Å². The molecule has 2 aliphatic rings. The Labute approximate surface area is 179 Å². The molecule has 0 aromatic heterocycles. The number of hydrogen-bond donors (Lipinski definition) is 0. The van der Waals surface area contributed by atoms with Crippen LogP contribution in [-0.4, -0.2) is 73.3 Å². The summed E-state index contributed by atoms with van der Waals surface area (Å²) < 4.78 is 25.5. The number of rotatable bonds is 5. The van der Waals surface area contributed by atoms with Crippen molar-refractivity contribution in [3.8, 4) is 0 Å². The van der Waals surface area contributed by atoms with Crippen molar-refractivity contribution in [2.45, 2.75) is 38.9 Å². The molecule has 2 amide bonds. The first-order chi connectivity index (χ1) is 13.0. The summed E-state index contributed by atoms with van der Waals surface area (Å²) in [6, 6.07) is 6.61. The second kappa shape index (κ2) is 8.62. The van der Waals surface area contributed by atoms with Crippen molar-refractivity contribution in [2.24, 2.45) is 11.8 Å². The molecule has 2 aliphatic heterocycles. The largest absolute Gasteiger partial charge is 0.333 e. The maximum Gasteiger partial charge on any atom is 0.254 e. The molecule has 3 atom stereocenters. The van der Waals surface area contributed by atoms with Crippen LogP contribution in [0.15, 0.2) is 24.3 Å². The fourth-order valence-corrected chi connectivity index (χ4v) is 5.72. The Hall–Kier alpha value is -1.64. The van der Waals surface area contributed by atoms with Crippen LogP contribution in [0.1, 0.15) is 36.2 Å². The topological polar surface area (TPSA) is 78.0 Å². The third-order valence-electron chi connectivity index (χ3n) is 5.63. The van der Waals surface area contributed by atoms with Crippen LogP contribution in [0.25, 0.3) is 0 Å². The van der Waals surface area contributed by atoms with Gasteiger partial charge in [-0.05, 0) is 44.1 Å². The Morgan fingerprint density at radius 1 is 1.21 bits per heavy atom. The third kappa shape index (κ3) is 4.44. The van der Waals surface area contributed by atoms with Crippen LogP contribution < -0.4 is 0 Å². The van der Waals surface area contributed by atoms with Gasteiger partial charge in [0.25, 0.3) is 5.91 Å². The van der Waals surface area contributed by atoms with Crippen molar-refractivity contribution < 1.29 is 18.0 Å². The van der Waals surface area contributed by atoms with Crippen LogP contribution in [0.4, 0.5) is 0 Å². The van der Waals surface area contributed by atoms with Gasteiger partial charge >= 0.3 is 0 Å². The highest BCUT2D eigenvalue weighted by atomic mass is 35.5. The minimum Gasteiger partial charge on any atom is -0.333 e. The van der Waals surface area contributed by atoms with Crippen LogP contribution in [0.3, 0.4) is 0 Å². The zero-order chi connectivity index (χ0) is 20.8. The molecule has 7 nitrogen and oxygen atoms in total. The lowest BCUT2D eigenvalue weighted by atomic mass is 9.88. The van der Waals surface area contributed by atoms with Crippen molar-refractivity contribution in [3.63, 3.8) is 0 Å². The van der Waals surface area contributed by atoms with Crippen LogP contribution in [0, 0.1) is 11.8 Å². The van der Waals surface area contributed by atoms with Gasteiger partial charge in [-0.15, -0.1) is 12.4 Å². The molecule has 0 bridgehead atoms. The summed E-state index contributed by atoms with van der Waals surface area (Å²) in [6.45, 7) is 5.05. The number of likely N-dealkylation sites (tertiary alicyclic amines) is 1. The molecule has 2 saturated heterocycles. The molecule has 2 fully saturated rings. The molecule has 0 N–H and O–H groups in total. The van der Waals surface area contributed by atoms with E-state index in [-0.39, 0.29) is 30.1 Å². The normalized spacial score (nSPS) is 24.2. The fourth-order valence-electron chi connectivity index (χ4n) is 4.55. The van der Waals surface area contributed by atoms with Gasteiger partial charge in [0, 0.05) is 18.7 Å². The molecule has 0 saturated carbocycles. The van der Waals surface area contributed by atoms with E-state index in [1.165, 1.54) is 0 Å². The van der Waals surface area contributed by atoms with Crippen molar-refractivity contribution in [2.75, 3.05) is 26.9 Å². The molecular formula is C20H30ClN3O4S. The van der Waals surface area contributed by atoms with Gasteiger partial charge in [0.15, 0.2) is 0 Å². The molecule has 1 aromatic carbocycles. The van der Waals surface area contributed by atoms with Gasteiger partial charge in [-0.2, -0.15) is 0 Å². The number of hydrogen-bond acceptors (Lipinski definition) is 5. The summed E-state index contributed by atoms with van der Waals surface area (Å²) in [7, 11) is 0.310. The van der Waals surface area contributed by atoms with E-state index < -0.39 is 28.0 Å². The predicted molar refractivity (Wildman–Crippen MR) is 114 cm³/mol.